The third kappa shape index (κ3) is 4.70. The van der Waals surface area contributed by atoms with Crippen LogP contribution in [0.25, 0.3) is 6.08 Å². The molecule has 0 spiro atoms. The third-order valence-corrected chi connectivity index (χ3v) is 3.90. The molecule has 0 aliphatic rings. The van der Waals surface area contributed by atoms with E-state index in [9.17, 15) is 4.79 Å². The third-order valence-electron chi connectivity index (χ3n) is 2.92. The van der Waals surface area contributed by atoms with Gasteiger partial charge in [0, 0.05) is 11.0 Å². The quantitative estimate of drug-likeness (QED) is 0.841. The number of aromatic nitrogens is 1. The fourth-order valence-corrected chi connectivity index (χ4v) is 2.63. The standard InChI is InChI=1S/C17H20N2O2S/c1-11(2)21-15-7-5-6-14(10-15)8-9-16(20)19-17-18-12(3)13(4)22-17/h5-11H,1-4H3,(H,18,19,20)/b9-8+. The monoisotopic (exact) mass is 316 g/mol. The Balaban J connectivity index is 2.00. The molecule has 0 saturated carbocycles. The molecule has 0 atom stereocenters. The van der Waals surface area contributed by atoms with Crippen LogP contribution in [0.1, 0.15) is 30.0 Å². The first-order valence-electron chi connectivity index (χ1n) is 7.14. The Kier molecular flexibility index (Phi) is 5.33. The Labute approximate surface area is 134 Å². The molecule has 2 aromatic rings. The molecule has 0 aliphatic carbocycles. The number of nitrogens with zero attached hydrogens (tertiary/aromatic N) is 1. The van der Waals surface area contributed by atoms with E-state index in [1.807, 2.05) is 52.0 Å². The Morgan fingerprint density at radius 2 is 2.14 bits per heavy atom. The summed E-state index contributed by atoms with van der Waals surface area (Å²) in [6.07, 6.45) is 3.38. The van der Waals surface area contributed by atoms with Gasteiger partial charge in [0.25, 0.3) is 0 Å². The molecule has 0 unspecified atom stereocenters. The van der Waals surface area contributed by atoms with Gasteiger partial charge in [0.1, 0.15) is 5.75 Å². The van der Waals surface area contributed by atoms with Crippen LogP contribution < -0.4 is 10.1 Å². The largest absolute Gasteiger partial charge is 0.491 e. The maximum atomic E-state index is 11.9. The van der Waals surface area contributed by atoms with E-state index < -0.39 is 0 Å². The predicted octanol–water partition coefficient (Wildman–Crippen LogP) is 4.20. The van der Waals surface area contributed by atoms with Crippen LogP contribution in [0.5, 0.6) is 5.75 Å². The number of amides is 1. The zero-order valence-corrected chi connectivity index (χ0v) is 14.0. The van der Waals surface area contributed by atoms with Crippen LogP contribution in [-0.4, -0.2) is 17.0 Å². The van der Waals surface area contributed by atoms with Gasteiger partial charge >= 0.3 is 0 Å². The highest BCUT2D eigenvalue weighted by Gasteiger charge is 2.05. The van der Waals surface area contributed by atoms with Crippen molar-refractivity contribution in [3.05, 3.63) is 46.5 Å². The van der Waals surface area contributed by atoms with E-state index >= 15 is 0 Å². The molecule has 0 saturated heterocycles. The molecule has 1 aromatic carbocycles. The minimum atomic E-state index is -0.191. The van der Waals surface area contributed by atoms with E-state index in [1.54, 1.807) is 6.08 Å². The summed E-state index contributed by atoms with van der Waals surface area (Å²) >= 11 is 1.48. The minimum absolute atomic E-state index is 0.124. The van der Waals surface area contributed by atoms with Gasteiger partial charge in [0.05, 0.1) is 11.8 Å². The average Bonchev–Trinajstić information content (AvgIpc) is 2.74. The number of carbonyl (C=O) groups excluding carboxylic acids is 1. The smallest absolute Gasteiger partial charge is 0.250 e. The highest BCUT2D eigenvalue weighted by atomic mass is 32.1. The molecule has 0 fully saturated rings. The van der Waals surface area contributed by atoms with Crippen molar-refractivity contribution < 1.29 is 9.53 Å². The van der Waals surface area contributed by atoms with Crippen LogP contribution >= 0.6 is 11.3 Å². The van der Waals surface area contributed by atoms with Gasteiger partial charge in [0.2, 0.25) is 5.91 Å². The summed E-state index contributed by atoms with van der Waals surface area (Å²) in [7, 11) is 0. The molecule has 2 rings (SSSR count). The summed E-state index contributed by atoms with van der Waals surface area (Å²) in [5.41, 5.74) is 1.86. The van der Waals surface area contributed by atoms with Gasteiger partial charge in [-0.1, -0.05) is 12.1 Å². The van der Waals surface area contributed by atoms with E-state index in [0.29, 0.717) is 5.13 Å². The number of anilines is 1. The predicted molar refractivity (Wildman–Crippen MR) is 91.5 cm³/mol. The van der Waals surface area contributed by atoms with Crippen molar-refractivity contribution in [2.45, 2.75) is 33.8 Å². The molecule has 0 bridgehead atoms. The molecule has 4 nitrogen and oxygen atoms in total. The van der Waals surface area contributed by atoms with Crippen LogP contribution in [-0.2, 0) is 4.79 Å². The lowest BCUT2D eigenvalue weighted by molar-refractivity contribution is -0.111. The lowest BCUT2D eigenvalue weighted by Crippen LogP contribution is -2.07. The molecular weight excluding hydrogens is 296 g/mol. The van der Waals surface area contributed by atoms with Gasteiger partial charge < -0.3 is 4.74 Å². The number of benzene rings is 1. The molecule has 1 heterocycles. The number of nitrogens with one attached hydrogen (secondary N) is 1. The van der Waals surface area contributed by atoms with Crippen molar-refractivity contribution in [2.24, 2.45) is 0 Å². The Morgan fingerprint density at radius 1 is 1.36 bits per heavy atom. The van der Waals surface area contributed by atoms with Gasteiger partial charge in [-0.05, 0) is 51.5 Å². The van der Waals surface area contributed by atoms with Crippen LogP contribution in [0, 0.1) is 13.8 Å². The SMILES string of the molecule is Cc1nc(NC(=O)/C=C/c2cccc(OC(C)C)c2)sc1C. The number of rotatable bonds is 5. The summed E-state index contributed by atoms with van der Waals surface area (Å²) in [4.78, 5) is 17.3. The molecule has 22 heavy (non-hydrogen) atoms. The van der Waals surface area contributed by atoms with E-state index in [2.05, 4.69) is 10.3 Å². The number of hydrogen-bond donors (Lipinski definition) is 1. The normalized spacial score (nSPS) is 11.1. The number of carbonyl (C=O) groups is 1. The van der Waals surface area contributed by atoms with Crippen LogP contribution in [0.15, 0.2) is 30.3 Å². The van der Waals surface area contributed by atoms with Gasteiger partial charge in [-0.25, -0.2) is 4.98 Å². The molecule has 116 valence electrons. The Hall–Kier alpha value is -2.14. The Bertz CT molecular complexity index is 670. The van der Waals surface area contributed by atoms with E-state index in [4.69, 9.17) is 4.74 Å². The maximum Gasteiger partial charge on any atom is 0.250 e. The second-order valence-corrected chi connectivity index (χ2v) is 6.43. The fourth-order valence-electron chi connectivity index (χ4n) is 1.81. The first-order chi connectivity index (χ1) is 10.4. The molecule has 5 heteroatoms. The molecular formula is C17H20N2O2S. The van der Waals surface area contributed by atoms with Crippen molar-refractivity contribution in [1.29, 1.82) is 0 Å². The highest BCUT2D eigenvalue weighted by molar-refractivity contribution is 7.15. The van der Waals surface area contributed by atoms with Gasteiger partial charge in [-0.15, -0.1) is 11.3 Å². The maximum absolute atomic E-state index is 11.9. The zero-order valence-electron chi connectivity index (χ0n) is 13.2. The van der Waals surface area contributed by atoms with Gasteiger partial charge in [0.15, 0.2) is 5.13 Å². The molecule has 1 aromatic heterocycles. The minimum Gasteiger partial charge on any atom is -0.491 e. The molecule has 0 aliphatic heterocycles. The first kappa shape index (κ1) is 16.2. The number of hydrogen-bond acceptors (Lipinski definition) is 4. The van der Waals surface area contributed by atoms with Crippen molar-refractivity contribution in [3.63, 3.8) is 0 Å². The van der Waals surface area contributed by atoms with E-state index in [1.165, 1.54) is 17.4 Å². The highest BCUT2D eigenvalue weighted by Crippen LogP contribution is 2.21. The Morgan fingerprint density at radius 3 is 2.77 bits per heavy atom. The average molecular weight is 316 g/mol. The lowest BCUT2D eigenvalue weighted by atomic mass is 10.2. The van der Waals surface area contributed by atoms with E-state index in [0.717, 1.165) is 21.9 Å². The van der Waals surface area contributed by atoms with Crippen molar-refractivity contribution in [2.75, 3.05) is 5.32 Å². The number of thiazole rings is 1. The van der Waals surface area contributed by atoms with Gasteiger partial charge in [-0.2, -0.15) is 0 Å². The van der Waals surface area contributed by atoms with Crippen molar-refractivity contribution in [1.82, 2.24) is 4.98 Å². The number of ether oxygens (including phenoxy) is 1. The topological polar surface area (TPSA) is 51.2 Å². The second-order valence-electron chi connectivity index (χ2n) is 5.22. The van der Waals surface area contributed by atoms with Gasteiger partial charge in [-0.3, -0.25) is 10.1 Å². The molecule has 1 N–H and O–H groups in total. The van der Waals surface area contributed by atoms with Crippen LogP contribution in [0.2, 0.25) is 0 Å². The molecule has 0 radical (unpaired) electrons. The lowest BCUT2D eigenvalue weighted by Gasteiger charge is -2.09. The summed E-state index contributed by atoms with van der Waals surface area (Å²) in [6, 6.07) is 7.64. The van der Waals surface area contributed by atoms with Crippen LogP contribution in [0.3, 0.4) is 0 Å². The number of aryl methyl sites for hydroxylation is 2. The second kappa shape index (κ2) is 7.22. The van der Waals surface area contributed by atoms with Crippen molar-refractivity contribution in [3.8, 4) is 5.75 Å². The summed E-state index contributed by atoms with van der Waals surface area (Å²) in [6.45, 7) is 7.87. The molecule has 1 amide bonds. The van der Waals surface area contributed by atoms with Crippen molar-refractivity contribution >= 4 is 28.5 Å². The summed E-state index contributed by atoms with van der Waals surface area (Å²) in [5.74, 6) is 0.604. The first-order valence-corrected chi connectivity index (χ1v) is 7.95. The summed E-state index contributed by atoms with van der Waals surface area (Å²) in [5, 5.41) is 3.40. The van der Waals surface area contributed by atoms with Crippen LogP contribution in [0.4, 0.5) is 5.13 Å². The zero-order chi connectivity index (χ0) is 16.1. The summed E-state index contributed by atoms with van der Waals surface area (Å²) < 4.78 is 5.63. The fraction of sp³-hybridized carbons (Fsp3) is 0.294. The van der Waals surface area contributed by atoms with E-state index in [-0.39, 0.29) is 12.0 Å².